The van der Waals surface area contributed by atoms with E-state index in [1.165, 1.54) is 28.6 Å². The molecule has 0 bridgehead atoms. The third-order valence-corrected chi connectivity index (χ3v) is 6.04. The van der Waals surface area contributed by atoms with Gasteiger partial charge in [-0.25, -0.2) is 8.42 Å². The van der Waals surface area contributed by atoms with Crippen LogP contribution in [0, 0.1) is 5.92 Å². The highest BCUT2D eigenvalue weighted by atomic mass is 32.2. The molecule has 0 saturated carbocycles. The monoisotopic (exact) mass is 368 g/mol. The molecule has 0 unspecified atom stereocenters. The van der Waals surface area contributed by atoms with Gasteiger partial charge in [0.1, 0.15) is 6.42 Å². The molecule has 0 aromatic heterocycles. The second kappa shape index (κ2) is 8.44. The third kappa shape index (κ3) is 5.27. The van der Waals surface area contributed by atoms with Gasteiger partial charge in [0.05, 0.1) is 11.5 Å². The van der Waals surface area contributed by atoms with Crippen molar-refractivity contribution in [2.75, 3.05) is 25.0 Å². The summed E-state index contributed by atoms with van der Waals surface area (Å²) in [6.45, 7) is 5.06. The minimum atomic E-state index is -3.51. The van der Waals surface area contributed by atoms with Crippen molar-refractivity contribution in [2.45, 2.75) is 38.0 Å². The molecule has 0 atom stereocenters. The van der Waals surface area contributed by atoms with E-state index in [9.17, 15) is 18.0 Å². The van der Waals surface area contributed by atoms with Crippen LogP contribution < -0.4 is 5.32 Å². The molecule has 1 heterocycles. The zero-order chi connectivity index (χ0) is 18.4. The Labute approximate surface area is 148 Å². The molecule has 7 nitrogen and oxygen atoms in total. The number of benzene rings is 1. The van der Waals surface area contributed by atoms with Crippen molar-refractivity contribution < 1.29 is 22.7 Å². The first-order valence-corrected chi connectivity index (χ1v) is 9.82. The summed E-state index contributed by atoms with van der Waals surface area (Å²) in [4.78, 5) is 23.2. The van der Waals surface area contributed by atoms with Gasteiger partial charge < -0.3 is 10.1 Å². The Bertz CT molecular complexity index is 707. The van der Waals surface area contributed by atoms with E-state index >= 15 is 0 Å². The Morgan fingerprint density at radius 3 is 2.36 bits per heavy atom. The highest BCUT2D eigenvalue weighted by Gasteiger charge is 2.27. The molecule has 0 aliphatic carbocycles. The summed E-state index contributed by atoms with van der Waals surface area (Å²) in [6.07, 6.45) is 1.35. The molecular weight excluding hydrogens is 344 g/mol. The third-order valence-electron chi connectivity index (χ3n) is 4.13. The van der Waals surface area contributed by atoms with Crippen LogP contribution in [-0.4, -0.2) is 44.3 Å². The second-order valence-electron chi connectivity index (χ2n) is 6.14. The van der Waals surface area contributed by atoms with Crippen LogP contribution in [0.5, 0.6) is 0 Å². The maximum atomic E-state index is 12.6. The summed E-state index contributed by atoms with van der Waals surface area (Å²) in [5.74, 6) is -0.555. The minimum absolute atomic E-state index is 0.199. The zero-order valence-electron chi connectivity index (χ0n) is 14.5. The first kappa shape index (κ1) is 19.4. The average Bonchev–Trinajstić information content (AvgIpc) is 2.55. The number of sulfonamides is 1. The Morgan fingerprint density at radius 1 is 1.20 bits per heavy atom. The second-order valence-corrected chi connectivity index (χ2v) is 8.08. The highest BCUT2D eigenvalue weighted by molar-refractivity contribution is 7.89. The Balaban J connectivity index is 1.99. The van der Waals surface area contributed by atoms with Crippen molar-refractivity contribution in [3.05, 3.63) is 24.3 Å². The van der Waals surface area contributed by atoms with Gasteiger partial charge >= 0.3 is 5.97 Å². The number of nitrogens with one attached hydrogen (secondary N) is 1. The van der Waals surface area contributed by atoms with Crippen LogP contribution in [0.25, 0.3) is 0 Å². The molecule has 138 valence electrons. The van der Waals surface area contributed by atoms with Crippen molar-refractivity contribution in [3.63, 3.8) is 0 Å². The topological polar surface area (TPSA) is 92.8 Å². The number of ether oxygens (including phenoxy) is 1. The lowest BCUT2D eigenvalue weighted by Crippen LogP contribution is -2.37. The Kier molecular flexibility index (Phi) is 6.55. The van der Waals surface area contributed by atoms with Crippen LogP contribution in [0.1, 0.15) is 33.1 Å². The number of nitrogens with zero attached hydrogens (tertiary/aromatic N) is 1. The number of carbonyl (C=O) groups excluding carboxylic acids is 2. The first-order chi connectivity index (χ1) is 11.8. The summed E-state index contributed by atoms with van der Waals surface area (Å²) < 4.78 is 31.4. The largest absolute Gasteiger partial charge is 0.466 e. The predicted molar refractivity (Wildman–Crippen MR) is 93.5 cm³/mol. The first-order valence-electron chi connectivity index (χ1n) is 8.38. The number of piperidine rings is 1. The van der Waals surface area contributed by atoms with Gasteiger partial charge in [-0.05, 0) is 49.9 Å². The molecule has 1 aliphatic heterocycles. The number of rotatable bonds is 6. The van der Waals surface area contributed by atoms with E-state index in [1.54, 1.807) is 6.92 Å². The fourth-order valence-corrected chi connectivity index (χ4v) is 4.10. The zero-order valence-corrected chi connectivity index (χ0v) is 15.3. The SMILES string of the molecule is CCOC(=O)CC(=O)Nc1ccc(S(=O)(=O)N2CCC(C)CC2)cc1. The van der Waals surface area contributed by atoms with Gasteiger partial charge in [-0.2, -0.15) is 4.31 Å². The van der Waals surface area contributed by atoms with Crippen LogP contribution in [0.3, 0.4) is 0 Å². The average molecular weight is 368 g/mol. The molecule has 1 aromatic carbocycles. The lowest BCUT2D eigenvalue weighted by Gasteiger charge is -2.29. The number of esters is 1. The van der Waals surface area contributed by atoms with E-state index in [-0.39, 0.29) is 17.9 Å². The van der Waals surface area contributed by atoms with Crippen LogP contribution in [0.15, 0.2) is 29.2 Å². The maximum absolute atomic E-state index is 12.6. The number of carbonyl (C=O) groups is 2. The normalized spacial score (nSPS) is 16.4. The molecule has 1 saturated heterocycles. The van der Waals surface area contributed by atoms with Crippen LogP contribution in [0.4, 0.5) is 5.69 Å². The van der Waals surface area contributed by atoms with Crippen molar-refractivity contribution in [2.24, 2.45) is 5.92 Å². The van der Waals surface area contributed by atoms with Gasteiger partial charge in [-0.3, -0.25) is 9.59 Å². The van der Waals surface area contributed by atoms with Gasteiger partial charge in [0.2, 0.25) is 15.9 Å². The van der Waals surface area contributed by atoms with E-state index in [1.807, 2.05) is 0 Å². The van der Waals surface area contributed by atoms with Gasteiger partial charge in [0.15, 0.2) is 0 Å². The lowest BCUT2D eigenvalue weighted by molar-refractivity contribution is -0.145. The number of amides is 1. The van der Waals surface area contributed by atoms with Gasteiger partial charge in [0.25, 0.3) is 0 Å². The summed E-state index contributed by atoms with van der Waals surface area (Å²) in [5.41, 5.74) is 0.431. The van der Waals surface area contributed by atoms with Crippen molar-refractivity contribution in [3.8, 4) is 0 Å². The number of anilines is 1. The van der Waals surface area contributed by atoms with Crippen LogP contribution in [0.2, 0.25) is 0 Å². The maximum Gasteiger partial charge on any atom is 0.315 e. The summed E-state index contributed by atoms with van der Waals surface area (Å²) in [6, 6.07) is 5.96. The minimum Gasteiger partial charge on any atom is -0.466 e. The molecular formula is C17H24N2O5S. The molecule has 2 rings (SSSR count). The molecule has 0 spiro atoms. The summed E-state index contributed by atoms with van der Waals surface area (Å²) in [5, 5.41) is 2.55. The summed E-state index contributed by atoms with van der Waals surface area (Å²) in [7, 11) is -3.51. The molecule has 1 amide bonds. The summed E-state index contributed by atoms with van der Waals surface area (Å²) >= 11 is 0. The van der Waals surface area contributed by atoms with Gasteiger partial charge in [-0.1, -0.05) is 6.92 Å². The van der Waals surface area contributed by atoms with Crippen LogP contribution >= 0.6 is 0 Å². The van der Waals surface area contributed by atoms with E-state index in [0.717, 1.165) is 12.8 Å². The molecule has 25 heavy (non-hydrogen) atoms. The van der Waals surface area contributed by atoms with E-state index in [0.29, 0.717) is 24.7 Å². The van der Waals surface area contributed by atoms with Gasteiger partial charge in [0, 0.05) is 18.8 Å². The molecule has 0 radical (unpaired) electrons. The van der Waals surface area contributed by atoms with Crippen molar-refractivity contribution >= 4 is 27.6 Å². The molecule has 1 aromatic rings. The molecule has 1 fully saturated rings. The quantitative estimate of drug-likeness (QED) is 0.612. The molecule has 1 N–H and O–H groups in total. The fourth-order valence-electron chi connectivity index (χ4n) is 2.63. The Hall–Kier alpha value is -1.93. The highest BCUT2D eigenvalue weighted by Crippen LogP contribution is 2.24. The standard InChI is InChI=1S/C17H24N2O5S/c1-3-24-17(21)12-16(20)18-14-4-6-15(7-5-14)25(22,23)19-10-8-13(2)9-11-19/h4-7,13H,3,8-12H2,1-2H3,(H,18,20). The van der Waals surface area contributed by atoms with E-state index in [2.05, 4.69) is 12.2 Å². The number of hydrogen-bond acceptors (Lipinski definition) is 5. The fraction of sp³-hybridized carbons (Fsp3) is 0.529. The van der Waals surface area contributed by atoms with Crippen LogP contribution in [-0.2, 0) is 24.3 Å². The van der Waals surface area contributed by atoms with Crippen molar-refractivity contribution in [1.29, 1.82) is 0 Å². The lowest BCUT2D eigenvalue weighted by atomic mass is 10.0. The van der Waals surface area contributed by atoms with E-state index in [4.69, 9.17) is 4.74 Å². The predicted octanol–water partition coefficient (Wildman–Crippen LogP) is 2.00. The molecule has 1 aliphatic rings. The van der Waals surface area contributed by atoms with Crippen molar-refractivity contribution in [1.82, 2.24) is 4.31 Å². The number of hydrogen-bond donors (Lipinski definition) is 1. The molecule has 8 heteroatoms. The van der Waals surface area contributed by atoms with E-state index < -0.39 is 21.9 Å². The van der Waals surface area contributed by atoms with Gasteiger partial charge in [-0.15, -0.1) is 0 Å². The smallest absolute Gasteiger partial charge is 0.315 e. The Morgan fingerprint density at radius 2 is 1.80 bits per heavy atom.